The van der Waals surface area contributed by atoms with Crippen molar-refractivity contribution in [2.24, 2.45) is 0 Å². The van der Waals surface area contributed by atoms with E-state index in [0.717, 1.165) is 24.3 Å². The molecule has 2 aromatic heterocycles. The summed E-state index contributed by atoms with van der Waals surface area (Å²) in [7, 11) is 0. The fourth-order valence-electron chi connectivity index (χ4n) is 3.20. The summed E-state index contributed by atoms with van der Waals surface area (Å²) in [6, 6.07) is 5.86. The predicted molar refractivity (Wildman–Crippen MR) is 95.9 cm³/mol. The zero-order chi connectivity index (χ0) is 17.3. The summed E-state index contributed by atoms with van der Waals surface area (Å²) in [6.07, 6.45) is 1.04. The molecular formula is C16H19N3O3S2. The van der Waals surface area contributed by atoms with E-state index in [9.17, 15) is 14.9 Å². The highest BCUT2D eigenvalue weighted by atomic mass is 32.1. The molecule has 0 saturated heterocycles. The van der Waals surface area contributed by atoms with Crippen LogP contribution in [0, 0.1) is 10.1 Å². The van der Waals surface area contributed by atoms with Crippen LogP contribution in [0.15, 0.2) is 23.6 Å². The largest absolute Gasteiger partial charge is 0.350 e. The molecule has 1 amide bonds. The number of hydrogen-bond acceptors (Lipinski definition) is 6. The summed E-state index contributed by atoms with van der Waals surface area (Å²) in [5, 5.41) is 15.7. The third-order valence-corrected chi connectivity index (χ3v) is 6.56. The van der Waals surface area contributed by atoms with Gasteiger partial charge in [0.25, 0.3) is 5.91 Å². The highest BCUT2D eigenvalue weighted by Gasteiger charge is 2.29. The van der Waals surface area contributed by atoms with Gasteiger partial charge < -0.3 is 5.32 Å². The lowest BCUT2D eigenvalue weighted by Gasteiger charge is -2.38. The maximum absolute atomic E-state index is 12.1. The second kappa shape index (κ2) is 7.00. The van der Waals surface area contributed by atoms with Crippen LogP contribution in [-0.4, -0.2) is 34.9 Å². The Morgan fingerprint density at radius 2 is 2.21 bits per heavy atom. The van der Waals surface area contributed by atoms with Gasteiger partial charge in [-0.2, -0.15) is 0 Å². The molecule has 0 radical (unpaired) electrons. The van der Waals surface area contributed by atoms with Crippen LogP contribution in [0.3, 0.4) is 0 Å². The topological polar surface area (TPSA) is 75.5 Å². The van der Waals surface area contributed by atoms with Crippen molar-refractivity contribution in [1.29, 1.82) is 0 Å². The summed E-state index contributed by atoms with van der Waals surface area (Å²) in [6.45, 7) is 5.70. The fraction of sp³-hybridized carbons (Fsp3) is 0.438. The molecule has 8 heteroatoms. The van der Waals surface area contributed by atoms with Gasteiger partial charge in [0.1, 0.15) is 0 Å². The average molecular weight is 365 g/mol. The molecule has 1 N–H and O–H groups in total. The maximum Gasteiger partial charge on any atom is 0.324 e. The Labute approximate surface area is 148 Å². The van der Waals surface area contributed by atoms with Crippen LogP contribution in [0.4, 0.5) is 5.00 Å². The highest BCUT2D eigenvalue weighted by Crippen LogP contribution is 2.35. The minimum Gasteiger partial charge on any atom is -0.350 e. The molecular weight excluding hydrogens is 346 g/mol. The van der Waals surface area contributed by atoms with Crippen LogP contribution in [0.2, 0.25) is 0 Å². The second-order valence-corrected chi connectivity index (χ2v) is 7.94. The molecule has 0 bridgehead atoms. The Morgan fingerprint density at radius 3 is 2.92 bits per heavy atom. The van der Waals surface area contributed by atoms with E-state index in [0.29, 0.717) is 23.5 Å². The quantitative estimate of drug-likeness (QED) is 0.650. The highest BCUT2D eigenvalue weighted by molar-refractivity contribution is 7.17. The lowest BCUT2D eigenvalue weighted by atomic mass is 9.97. The van der Waals surface area contributed by atoms with E-state index in [4.69, 9.17) is 0 Å². The van der Waals surface area contributed by atoms with Crippen molar-refractivity contribution in [1.82, 2.24) is 10.2 Å². The lowest BCUT2D eigenvalue weighted by Crippen LogP contribution is -2.44. The molecule has 0 fully saturated rings. The summed E-state index contributed by atoms with van der Waals surface area (Å²) in [5.41, 5.74) is 1.44. The molecule has 0 spiro atoms. The van der Waals surface area contributed by atoms with Crippen LogP contribution < -0.4 is 5.32 Å². The van der Waals surface area contributed by atoms with Crippen molar-refractivity contribution >= 4 is 33.6 Å². The third-order valence-electron chi connectivity index (χ3n) is 4.39. The van der Waals surface area contributed by atoms with Gasteiger partial charge in [-0.25, -0.2) is 0 Å². The Balaban J connectivity index is 1.56. The number of nitrogens with zero attached hydrogens (tertiary/aromatic N) is 2. The molecule has 24 heavy (non-hydrogen) atoms. The molecule has 3 rings (SSSR count). The molecule has 0 saturated carbocycles. The second-order valence-electron chi connectivity index (χ2n) is 5.93. The molecule has 3 heterocycles. The standard InChI is InChI=1S/C16H19N3O3S2/c1-10-9-12-5-8-23-15(12)11(2)18(10)7-6-17-16(20)13-3-4-14(24-13)19(21)22/h3-5,8,10-11H,6-7,9H2,1-2H3,(H,17,20). The van der Waals surface area contributed by atoms with Crippen LogP contribution in [-0.2, 0) is 6.42 Å². The van der Waals surface area contributed by atoms with Crippen molar-refractivity contribution in [3.63, 3.8) is 0 Å². The Morgan fingerprint density at radius 1 is 1.42 bits per heavy atom. The van der Waals surface area contributed by atoms with Gasteiger partial charge >= 0.3 is 5.00 Å². The number of fused-ring (bicyclic) bond motifs is 1. The van der Waals surface area contributed by atoms with Gasteiger partial charge in [0.2, 0.25) is 0 Å². The first-order chi connectivity index (χ1) is 11.5. The number of hydrogen-bond donors (Lipinski definition) is 1. The average Bonchev–Trinajstić information content (AvgIpc) is 3.19. The van der Waals surface area contributed by atoms with Crippen LogP contribution in [0.1, 0.15) is 40.0 Å². The Bertz CT molecular complexity index is 755. The fourth-order valence-corrected chi connectivity index (χ4v) is 4.95. The Hall–Kier alpha value is -1.77. The van der Waals surface area contributed by atoms with Gasteiger partial charge in [-0.15, -0.1) is 11.3 Å². The normalized spacial score (nSPS) is 20.6. The number of nitrogens with one attached hydrogen (secondary N) is 1. The summed E-state index contributed by atoms with van der Waals surface area (Å²) in [4.78, 5) is 26.5. The number of rotatable bonds is 5. The van der Waals surface area contributed by atoms with Gasteiger partial charge in [0.15, 0.2) is 0 Å². The van der Waals surface area contributed by atoms with E-state index >= 15 is 0 Å². The van der Waals surface area contributed by atoms with E-state index in [1.165, 1.54) is 22.6 Å². The van der Waals surface area contributed by atoms with Crippen molar-refractivity contribution in [2.45, 2.75) is 32.4 Å². The smallest absolute Gasteiger partial charge is 0.324 e. The minimum atomic E-state index is -0.475. The van der Waals surface area contributed by atoms with Gasteiger partial charge in [-0.1, -0.05) is 11.3 Å². The summed E-state index contributed by atoms with van der Waals surface area (Å²) >= 11 is 2.70. The van der Waals surface area contributed by atoms with Crippen LogP contribution in [0.25, 0.3) is 0 Å². The number of carbonyl (C=O) groups is 1. The first-order valence-corrected chi connectivity index (χ1v) is 9.51. The van der Waals surface area contributed by atoms with Crippen LogP contribution in [0.5, 0.6) is 0 Å². The SMILES string of the molecule is CC1Cc2ccsc2C(C)N1CCNC(=O)c1ccc([N+](=O)[O-])s1. The van der Waals surface area contributed by atoms with E-state index in [1.54, 1.807) is 11.3 Å². The minimum absolute atomic E-state index is 0.0105. The van der Waals surface area contributed by atoms with Crippen molar-refractivity contribution in [3.8, 4) is 0 Å². The molecule has 2 aromatic rings. The zero-order valence-corrected chi connectivity index (χ0v) is 15.2. The van der Waals surface area contributed by atoms with Gasteiger partial charge in [-0.05, 0) is 43.3 Å². The first-order valence-electron chi connectivity index (χ1n) is 7.82. The first kappa shape index (κ1) is 17.1. The van der Waals surface area contributed by atoms with E-state index in [-0.39, 0.29) is 10.9 Å². The van der Waals surface area contributed by atoms with Gasteiger partial charge in [0.05, 0.1) is 9.80 Å². The third kappa shape index (κ3) is 3.35. The summed E-state index contributed by atoms with van der Waals surface area (Å²) in [5.74, 6) is -0.248. The number of nitro groups is 1. The number of thiophene rings is 2. The number of amides is 1. The molecule has 2 unspecified atom stereocenters. The molecule has 1 aliphatic rings. The molecule has 2 atom stereocenters. The maximum atomic E-state index is 12.1. The van der Waals surface area contributed by atoms with Gasteiger partial charge in [-0.3, -0.25) is 19.8 Å². The number of carbonyl (C=O) groups excluding carboxylic acids is 1. The monoisotopic (exact) mass is 365 g/mol. The molecule has 1 aliphatic heterocycles. The van der Waals surface area contributed by atoms with Crippen molar-refractivity contribution in [2.75, 3.05) is 13.1 Å². The molecule has 128 valence electrons. The molecule has 0 aliphatic carbocycles. The van der Waals surface area contributed by atoms with E-state index in [1.807, 2.05) is 0 Å². The van der Waals surface area contributed by atoms with E-state index < -0.39 is 4.92 Å². The molecule has 0 aromatic carbocycles. The van der Waals surface area contributed by atoms with Crippen molar-refractivity contribution in [3.05, 3.63) is 49.0 Å². The lowest BCUT2D eigenvalue weighted by molar-refractivity contribution is -0.380. The van der Waals surface area contributed by atoms with E-state index in [2.05, 4.69) is 35.5 Å². The van der Waals surface area contributed by atoms with Crippen LogP contribution >= 0.6 is 22.7 Å². The van der Waals surface area contributed by atoms with Gasteiger partial charge in [0, 0.05) is 36.1 Å². The predicted octanol–water partition coefficient (Wildman–Crippen LogP) is 3.46. The zero-order valence-electron chi connectivity index (χ0n) is 13.5. The summed E-state index contributed by atoms with van der Waals surface area (Å²) < 4.78 is 0. The molecule has 6 nitrogen and oxygen atoms in total. The van der Waals surface area contributed by atoms with Crippen molar-refractivity contribution < 1.29 is 9.72 Å². The Kier molecular flexibility index (Phi) is 4.98.